The van der Waals surface area contributed by atoms with Crippen molar-refractivity contribution in [3.8, 4) is 11.5 Å². The zero-order valence-corrected chi connectivity index (χ0v) is 15.3. The van der Waals surface area contributed by atoms with Crippen molar-refractivity contribution in [1.82, 2.24) is 10.6 Å². The summed E-state index contributed by atoms with van der Waals surface area (Å²) in [6.45, 7) is 7.39. The van der Waals surface area contributed by atoms with Gasteiger partial charge in [-0.3, -0.25) is 4.99 Å². The predicted octanol–water partition coefficient (Wildman–Crippen LogP) is 2.65. The van der Waals surface area contributed by atoms with Gasteiger partial charge in [-0.2, -0.15) is 11.8 Å². The van der Waals surface area contributed by atoms with Gasteiger partial charge in [0.2, 0.25) is 0 Å². The van der Waals surface area contributed by atoms with Crippen LogP contribution in [0.15, 0.2) is 23.2 Å². The van der Waals surface area contributed by atoms with Crippen LogP contribution in [0.4, 0.5) is 0 Å². The number of hydrogen-bond acceptors (Lipinski definition) is 4. The Hall–Kier alpha value is -1.56. The SMILES string of the molecule is CN=C(NCc1ccc2c(c1)OCCCO2)NCC(C)(C)SC. The molecule has 2 rings (SSSR count). The van der Waals surface area contributed by atoms with E-state index in [4.69, 9.17) is 9.47 Å². The van der Waals surface area contributed by atoms with E-state index in [0.717, 1.165) is 36.0 Å². The number of fused-ring (bicyclic) bond motifs is 1. The second-order valence-electron chi connectivity index (χ2n) is 6.07. The summed E-state index contributed by atoms with van der Waals surface area (Å²) in [6, 6.07) is 6.07. The summed E-state index contributed by atoms with van der Waals surface area (Å²) in [5.74, 6) is 2.46. The van der Waals surface area contributed by atoms with Crippen LogP contribution in [-0.2, 0) is 6.54 Å². The third-order valence-corrected chi connectivity index (χ3v) is 4.98. The monoisotopic (exact) mass is 337 g/mol. The Labute approximate surface area is 143 Å². The standard InChI is InChI=1S/C17H27N3O2S/c1-17(2,23-4)12-20-16(18-3)19-11-13-6-7-14-15(10-13)22-9-5-8-21-14/h6-7,10H,5,8-9,11-12H2,1-4H3,(H2,18,19,20). The molecule has 1 aliphatic heterocycles. The van der Waals surface area contributed by atoms with Crippen LogP contribution in [-0.4, -0.2) is 43.8 Å². The number of aliphatic imine (C=N–C) groups is 1. The molecule has 0 aliphatic carbocycles. The molecule has 0 bridgehead atoms. The fourth-order valence-corrected chi connectivity index (χ4v) is 2.31. The summed E-state index contributed by atoms with van der Waals surface area (Å²) in [4.78, 5) is 4.27. The van der Waals surface area contributed by atoms with Crippen molar-refractivity contribution in [2.24, 2.45) is 4.99 Å². The Morgan fingerprint density at radius 2 is 1.96 bits per heavy atom. The van der Waals surface area contributed by atoms with Crippen LogP contribution < -0.4 is 20.1 Å². The van der Waals surface area contributed by atoms with E-state index < -0.39 is 0 Å². The minimum Gasteiger partial charge on any atom is -0.490 e. The maximum absolute atomic E-state index is 5.73. The van der Waals surface area contributed by atoms with Crippen LogP contribution in [0.25, 0.3) is 0 Å². The van der Waals surface area contributed by atoms with Crippen molar-refractivity contribution in [2.75, 3.05) is 33.1 Å². The fourth-order valence-electron chi connectivity index (χ4n) is 2.09. The Balaban J connectivity index is 1.90. The quantitative estimate of drug-likeness (QED) is 0.639. The highest BCUT2D eigenvalue weighted by Gasteiger charge is 2.16. The third kappa shape index (κ3) is 5.53. The Kier molecular flexibility index (Phi) is 6.45. The molecule has 0 aromatic heterocycles. The normalized spacial score (nSPS) is 15.0. The molecule has 0 amide bonds. The molecule has 23 heavy (non-hydrogen) atoms. The van der Waals surface area contributed by atoms with E-state index in [1.54, 1.807) is 7.05 Å². The molecule has 0 saturated carbocycles. The number of guanidine groups is 1. The minimum absolute atomic E-state index is 0.173. The van der Waals surface area contributed by atoms with Crippen molar-refractivity contribution >= 4 is 17.7 Å². The molecule has 5 nitrogen and oxygen atoms in total. The van der Waals surface area contributed by atoms with Crippen LogP contribution >= 0.6 is 11.8 Å². The van der Waals surface area contributed by atoms with Gasteiger partial charge >= 0.3 is 0 Å². The molecular weight excluding hydrogens is 310 g/mol. The number of nitrogens with one attached hydrogen (secondary N) is 2. The maximum atomic E-state index is 5.73. The van der Waals surface area contributed by atoms with Gasteiger partial charge < -0.3 is 20.1 Å². The average molecular weight is 337 g/mol. The number of rotatable bonds is 5. The minimum atomic E-state index is 0.173. The molecule has 0 saturated heterocycles. The lowest BCUT2D eigenvalue weighted by atomic mass is 10.2. The van der Waals surface area contributed by atoms with E-state index >= 15 is 0 Å². The molecule has 2 N–H and O–H groups in total. The number of hydrogen-bond donors (Lipinski definition) is 2. The zero-order chi connectivity index (χ0) is 16.7. The molecule has 1 aliphatic rings. The van der Waals surface area contributed by atoms with Crippen LogP contribution in [0.3, 0.4) is 0 Å². The van der Waals surface area contributed by atoms with E-state index in [2.05, 4.69) is 41.8 Å². The summed E-state index contributed by atoms with van der Waals surface area (Å²) < 4.78 is 11.6. The van der Waals surface area contributed by atoms with Crippen molar-refractivity contribution in [3.63, 3.8) is 0 Å². The lowest BCUT2D eigenvalue weighted by Gasteiger charge is -2.23. The molecule has 0 spiro atoms. The van der Waals surface area contributed by atoms with Gasteiger partial charge in [-0.25, -0.2) is 0 Å². The fraction of sp³-hybridized carbons (Fsp3) is 0.588. The number of benzene rings is 1. The summed E-state index contributed by atoms with van der Waals surface area (Å²) in [7, 11) is 1.79. The molecule has 6 heteroatoms. The highest BCUT2D eigenvalue weighted by Crippen LogP contribution is 2.30. The first-order chi connectivity index (χ1) is 11.0. The molecule has 0 radical (unpaired) electrons. The summed E-state index contributed by atoms with van der Waals surface area (Å²) in [5, 5.41) is 6.70. The molecule has 1 aromatic carbocycles. The van der Waals surface area contributed by atoms with Gasteiger partial charge in [-0.05, 0) is 37.8 Å². The Morgan fingerprint density at radius 3 is 2.65 bits per heavy atom. The average Bonchev–Trinajstić information content (AvgIpc) is 2.79. The molecule has 1 aromatic rings. The lowest BCUT2D eigenvalue weighted by molar-refractivity contribution is 0.297. The second-order valence-corrected chi connectivity index (χ2v) is 7.59. The van der Waals surface area contributed by atoms with E-state index in [1.807, 2.05) is 23.9 Å². The largest absolute Gasteiger partial charge is 0.490 e. The maximum Gasteiger partial charge on any atom is 0.191 e. The number of nitrogens with zero attached hydrogens (tertiary/aromatic N) is 1. The van der Waals surface area contributed by atoms with Crippen molar-refractivity contribution in [1.29, 1.82) is 0 Å². The Morgan fingerprint density at radius 1 is 1.22 bits per heavy atom. The topological polar surface area (TPSA) is 54.9 Å². The van der Waals surface area contributed by atoms with Gasteiger partial charge in [-0.1, -0.05) is 6.07 Å². The molecule has 0 unspecified atom stereocenters. The smallest absolute Gasteiger partial charge is 0.191 e. The molecule has 128 valence electrons. The highest BCUT2D eigenvalue weighted by atomic mass is 32.2. The summed E-state index contributed by atoms with van der Waals surface area (Å²) in [5.41, 5.74) is 1.14. The van der Waals surface area contributed by atoms with Crippen molar-refractivity contribution in [2.45, 2.75) is 31.6 Å². The first-order valence-electron chi connectivity index (χ1n) is 7.92. The highest BCUT2D eigenvalue weighted by molar-refractivity contribution is 7.99. The van der Waals surface area contributed by atoms with E-state index in [9.17, 15) is 0 Å². The van der Waals surface area contributed by atoms with Gasteiger partial charge in [0, 0.05) is 31.3 Å². The Bertz CT molecular complexity index is 547. The molecular formula is C17H27N3O2S. The first-order valence-corrected chi connectivity index (χ1v) is 9.15. The molecule has 0 fully saturated rings. The molecule has 0 atom stereocenters. The van der Waals surface area contributed by atoms with Gasteiger partial charge in [0.25, 0.3) is 0 Å². The van der Waals surface area contributed by atoms with Crippen LogP contribution in [0.1, 0.15) is 25.8 Å². The van der Waals surface area contributed by atoms with Crippen LogP contribution in [0.5, 0.6) is 11.5 Å². The number of ether oxygens (including phenoxy) is 2. The van der Waals surface area contributed by atoms with Gasteiger partial charge in [0.05, 0.1) is 13.2 Å². The van der Waals surface area contributed by atoms with Gasteiger partial charge in [0.15, 0.2) is 17.5 Å². The van der Waals surface area contributed by atoms with E-state index in [-0.39, 0.29) is 4.75 Å². The second kappa shape index (κ2) is 8.34. The first kappa shape index (κ1) is 17.8. The van der Waals surface area contributed by atoms with E-state index in [1.165, 1.54) is 0 Å². The zero-order valence-electron chi connectivity index (χ0n) is 14.4. The summed E-state index contributed by atoms with van der Waals surface area (Å²) >= 11 is 1.84. The third-order valence-electron chi connectivity index (χ3n) is 3.73. The van der Waals surface area contributed by atoms with Gasteiger partial charge in [-0.15, -0.1) is 0 Å². The molecule has 1 heterocycles. The van der Waals surface area contributed by atoms with E-state index in [0.29, 0.717) is 19.8 Å². The van der Waals surface area contributed by atoms with Crippen molar-refractivity contribution in [3.05, 3.63) is 23.8 Å². The number of thioether (sulfide) groups is 1. The lowest BCUT2D eigenvalue weighted by Crippen LogP contribution is -2.42. The van der Waals surface area contributed by atoms with Crippen molar-refractivity contribution < 1.29 is 9.47 Å². The van der Waals surface area contributed by atoms with Crippen LogP contribution in [0.2, 0.25) is 0 Å². The predicted molar refractivity (Wildman–Crippen MR) is 97.8 cm³/mol. The summed E-state index contributed by atoms with van der Waals surface area (Å²) in [6.07, 6.45) is 3.04. The van der Waals surface area contributed by atoms with Gasteiger partial charge in [0.1, 0.15) is 0 Å². The van der Waals surface area contributed by atoms with Crippen LogP contribution in [0, 0.1) is 0 Å².